The Morgan fingerprint density at radius 1 is 1.41 bits per heavy atom. The van der Waals surface area contributed by atoms with Gasteiger partial charge in [-0.15, -0.1) is 0 Å². The number of hydrogen-bond donors (Lipinski definition) is 2. The number of aliphatic hydroxyl groups excluding tert-OH is 1. The molecule has 1 atom stereocenters. The van der Waals surface area contributed by atoms with Gasteiger partial charge in [0.05, 0.1) is 4.90 Å². The molecule has 6 nitrogen and oxygen atoms in total. The molecule has 94 valence electrons. The van der Waals surface area contributed by atoms with Crippen LogP contribution in [0.25, 0.3) is 0 Å². The zero-order valence-corrected chi connectivity index (χ0v) is 9.98. The van der Waals surface area contributed by atoms with Gasteiger partial charge in [0, 0.05) is 6.26 Å². The van der Waals surface area contributed by atoms with Crippen LogP contribution >= 0.6 is 0 Å². The summed E-state index contributed by atoms with van der Waals surface area (Å²) in [6, 6.07) is 5.65. The Labute approximate surface area is 98.9 Å². The molecule has 3 N–H and O–H groups in total. The number of carbonyl (C=O) groups is 1. The van der Waals surface area contributed by atoms with E-state index < -0.39 is 22.0 Å². The summed E-state index contributed by atoms with van der Waals surface area (Å²) in [7, 11) is -3.26. The van der Waals surface area contributed by atoms with E-state index in [9.17, 15) is 18.3 Å². The maximum absolute atomic E-state index is 11.2. The molecule has 0 bridgehead atoms. The summed E-state index contributed by atoms with van der Waals surface area (Å²) < 4.78 is 26.8. The molecule has 0 saturated carbocycles. The van der Waals surface area contributed by atoms with Gasteiger partial charge in [-0.05, 0) is 17.7 Å². The number of sulfone groups is 1. The molecule has 1 aromatic carbocycles. The summed E-state index contributed by atoms with van der Waals surface area (Å²) in [5.74, 6) is 0. The van der Waals surface area contributed by atoms with E-state index in [2.05, 4.69) is 4.74 Å². The third-order valence-corrected chi connectivity index (χ3v) is 3.20. The molecule has 0 aromatic heterocycles. The number of hydrogen-bond acceptors (Lipinski definition) is 5. The number of carbonyl (C=O) groups excluding carboxylic acids is 1. The fourth-order valence-corrected chi connectivity index (χ4v) is 1.82. The highest BCUT2D eigenvalue weighted by Gasteiger charge is 2.11. The van der Waals surface area contributed by atoms with E-state index in [0.717, 1.165) is 6.26 Å². The molecule has 7 heteroatoms. The number of nitrogens with two attached hydrogens (primary N) is 1. The minimum Gasteiger partial charge on any atom is -0.447 e. The van der Waals surface area contributed by atoms with Crippen LogP contribution in [0.2, 0.25) is 0 Å². The molecule has 1 amide bonds. The predicted molar refractivity (Wildman–Crippen MR) is 60.0 cm³/mol. The normalized spacial score (nSPS) is 13.1. The van der Waals surface area contributed by atoms with Crippen LogP contribution in [0.5, 0.6) is 0 Å². The molecule has 0 spiro atoms. The average Bonchev–Trinajstić information content (AvgIpc) is 2.25. The Bertz CT molecular complexity index is 494. The lowest BCUT2D eigenvalue weighted by Crippen LogP contribution is -2.17. The first-order chi connectivity index (χ1) is 7.80. The van der Waals surface area contributed by atoms with Crippen LogP contribution in [-0.4, -0.2) is 32.5 Å². The number of aliphatic hydroxyl groups is 1. The molecule has 0 saturated heterocycles. The standard InChI is InChI=1S/C10H13NO5S/c1-17(14,15)8-4-2-7(3-5-8)9(12)6-16-10(11)13/h2-5,9,12H,6H2,1H3,(H2,11,13)/t9-/m0/s1. The fourth-order valence-electron chi connectivity index (χ4n) is 1.19. The largest absolute Gasteiger partial charge is 0.447 e. The monoisotopic (exact) mass is 259 g/mol. The Morgan fingerprint density at radius 3 is 2.35 bits per heavy atom. The molecule has 0 aliphatic heterocycles. The van der Waals surface area contributed by atoms with E-state index in [1.807, 2.05) is 0 Å². The molecule has 0 fully saturated rings. The topological polar surface area (TPSA) is 107 Å². The molecule has 0 radical (unpaired) electrons. The average molecular weight is 259 g/mol. The zero-order chi connectivity index (χ0) is 13.1. The Morgan fingerprint density at radius 2 is 1.94 bits per heavy atom. The number of primary amides is 1. The van der Waals surface area contributed by atoms with Gasteiger partial charge < -0.3 is 15.6 Å². The van der Waals surface area contributed by atoms with Gasteiger partial charge in [-0.2, -0.15) is 0 Å². The third-order valence-electron chi connectivity index (χ3n) is 2.08. The van der Waals surface area contributed by atoms with E-state index in [1.54, 1.807) is 0 Å². The second kappa shape index (κ2) is 5.15. The van der Waals surface area contributed by atoms with Crippen molar-refractivity contribution < 1.29 is 23.1 Å². The zero-order valence-electron chi connectivity index (χ0n) is 9.16. The Hall–Kier alpha value is -1.60. The molecule has 0 unspecified atom stereocenters. The van der Waals surface area contributed by atoms with Gasteiger partial charge in [0.2, 0.25) is 0 Å². The molecule has 1 rings (SSSR count). The minimum absolute atomic E-state index is 0.157. The SMILES string of the molecule is CS(=O)(=O)c1ccc([C@@H](O)COC(N)=O)cc1. The van der Waals surface area contributed by atoms with Crippen LogP contribution in [-0.2, 0) is 14.6 Å². The first-order valence-electron chi connectivity index (χ1n) is 4.71. The minimum atomic E-state index is -3.26. The third kappa shape index (κ3) is 4.04. The van der Waals surface area contributed by atoms with Crippen LogP contribution < -0.4 is 5.73 Å². The van der Waals surface area contributed by atoms with Gasteiger partial charge in [-0.1, -0.05) is 12.1 Å². The van der Waals surface area contributed by atoms with E-state index in [1.165, 1.54) is 24.3 Å². The van der Waals surface area contributed by atoms with Gasteiger partial charge in [-0.25, -0.2) is 13.2 Å². The molecule has 0 heterocycles. The van der Waals surface area contributed by atoms with Crippen molar-refractivity contribution in [2.45, 2.75) is 11.0 Å². The van der Waals surface area contributed by atoms with Crippen molar-refractivity contribution in [3.8, 4) is 0 Å². The van der Waals surface area contributed by atoms with Gasteiger partial charge in [0.25, 0.3) is 0 Å². The first kappa shape index (κ1) is 13.5. The lowest BCUT2D eigenvalue weighted by molar-refractivity contribution is 0.0729. The summed E-state index contributed by atoms with van der Waals surface area (Å²) in [5, 5.41) is 9.58. The number of benzene rings is 1. The van der Waals surface area contributed by atoms with Crippen molar-refractivity contribution in [2.24, 2.45) is 5.73 Å². The summed E-state index contributed by atoms with van der Waals surface area (Å²) >= 11 is 0. The smallest absolute Gasteiger partial charge is 0.404 e. The van der Waals surface area contributed by atoms with Crippen molar-refractivity contribution in [3.05, 3.63) is 29.8 Å². The molecule has 17 heavy (non-hydrogen) atoms. The van der Waals surface area contributed by atoms with Gasteiger partial charge in [0.15, 0.2) is 9.84 Å². The van der Waals surface area contributed by atoms with Crippen molar-refractivity contribution in [3.63, 3.8) is 0 Å². The van der Waals surface area contributed by atoms with E-state index >= 15 is 0 Å². The lowest BCUT2D eigenvalue weighted by Gasteiger charge is -2.10. The number of amides is 1. The fraction of sp³-hybridized carbons (Fsp3) is 0.300. The quantitative estimate of drug-likeness (QED) is 0.804. The number of rotatable bonds is 4. The second-order valence-corrected chi connectivity index (χ2v) is 5.50. The van der Waals surface area contributed by atoms with E-state index in [-0.39, 0.29) is 11.5 Å². The molecule has 1 aromatic rings. The Balaban J connectivity index is 2.77. The van der Waals surface area contributed by atoms with Crippen molar-refractivity contribution in [1.29, 1.82) is 0 Å². The summed E-state index contributed by atoms with van der Waals surface area (Å²) in [5.41, 5.74) is 5.19. The van der Waals surface area contributed by atoms with Crippen LogP contribution in [0.4, 0.5) is 4.79 Å². The lowest BCUT2D eigenvalue weighted by atomic mass is 10.1. The predicted octanol–water partition coefficient (Wildman–Crippen LogP) is 0.219. The van der Waals surface area contributed by atoms with Gasteiger partial charge in [0.1, 0.15) is 12.7 Å². The highest BCUT2D eigenvalue weighted by Crippen LogP contribution is 2.16. The summed E-state index contributed by atoms with van der Waals surface area (Å²) in [6.07, 6.45) is -0.915. The first-order valence-corrected chi connectivity index (χ1v) is 6.60. The van der Waals surface area contributed by atoms with Crippen molar-refractivity contribution >= 4 is 15.9 Å². The molecular weight excluding hydrogens is 246 g/mol. The highest BCUT2D eigenvalue weighted by molar-refractivity contribution is 7.90. The molecular formula is C10H13NO5S. The Kier molecular flexibility index (Phi) is 4.08. The van der Waals surface area contributed by atoms with Gasteiger partial charge in [-0.3, -0.25) is 0 Å². The number of ether oxygens (including phenoxy) is 1. The molecule has 0 aliphatic rings. The van der Waals surface area contributed by atoms with Crippen LogP contribution in [0.1, 0.15) is 11.7 Å². The summed E-state index contributed by atoms with van der Waals surface area (Å²) in [6.45, 7) is -0.270. The van der Waals surface area contributed by atoms with Crippen LogP contribution in [0.15, 0.2) is 29.2 Å². The van der Waals surface area contributed by atoms with Crippen molar-refractivity contribution in [2.75, 3.05) is 12.9 Å². The van der Waals surface area contributed by atoms with E-state index in [4.69, 9.17) is 5.73 Å². The van der Waals surface area contributed by atoms with E-state index in [0.29, 0.717) is 5.56 Å². The van der Waals surface area contributed by atoms with Gasteiger partial charge >= 0.3 is 6.09 Å². The van der Waals surface area contributed by atoms with Crippen LogP contribution in [0.3, 0.4) is 0 Å². The maximum atomic E-state index is 11.2. The van der Waals surface area contributed by atoms with Crippen molar-refractivity contribution in [1.82, 2.24) is 0 Å². The maximum Gasteiger partial charge on any atom is 0.404 e. The highest BCUT2D eigenvalue weighted by atomic mass is 32.2. The molecule has 0 aliphatic carbocycles. The second-order valence-electron chi connectivity index (χ2n) is 3.49. The summed E-state index contributed by atoms with van der Waals surface area (Å²) in [4.78, 5) is 10.5. The van der Waals surface area contributed by atoms with Crippen LogP contribution in [0, 0.1) is 0 Å².